The minimum Gasteiger partial charge on any atom is -0.483 e. The maximum atomic E-state index is 13.4. The van der Waals surface area contributed by atoms with Crippen LogP contribution in [0.5, 0.6) is 5.75 Å². The lowest BCUT2D eigenvalue weighted by atomic mass is 9.89. The molecular formula is C40H44N10O8. The van der Waals surface area contributed by atoms with Crippen LogP contribution in [0.2, 0.25) is 0 Å². The molecule has 1 aromatic heterocycles. The summed E-state index contributed by atoms with van der Waals surface area (Å²) >= 11 is 0. The number of carbonyl (C=O) groups excluding carboxylic acids is 7. The number of ether oxygens (including phenoxy) is 1. The fraction of sp³-hybridized carbons (Fsp3) is 0.425. The Morgan fingerprint density at radius 3 is 2.41 bits per heavy atom. The van der Waals surface area contributed by atoms with Gasteiger partial charge in [0.1, 0.15) is 17.6 Å². The molecule has 0 radical (unpaired) electrons. The monoisotopic (exact) mass is 792 g/mol. The fourth-order valence-electron chi connectivity index (χ4n) is 8.50. The van der Waals surface area contributed by atoms with E-state index in [2.05, 4.69) is 20.5 Å². The maximum absolute atomic E-state index is 13.4. The molecule has 0 bridgehead atoms. The summed E-state index contributed by atoms with van der Waals surface area (Å²) < 4.78 is 5.82. The van der Waals surface area contributed by atoms with Crippen molar-refractivity contribution >= 4 is 58.8 Å². The van der Waals surface area contributed by atoms with E-state index in [0.717, 1.165) is 29.8 Å². The molecule has 4 saturated heterocycles. The van der Waals surface area contributed by atoms with E-state index in [1.165, 1.54) is 12.1 Å². The van der Waals surface area contributed by atoms with E-state index < -0.39 is 35.6 Å². The summed E-state index contributed by atoms with van der Waals surface area (Å²) in [5.41, 5.74) is 7.55. The predicted octanol–water partition coefficient (Wildman–Crippen LogP) is 1.84. The van der Waals surface area contributed by atoms with Crippen LogP contribution in [-0.4, -0.2) is 136 Å². The molecule has 2 atom stereocenters. The average molecular weight is 793 g/mol. The Hall–Kier alpha value is -6.59. The van der Waals surface area contributed by atoms with E-state index in [1.807, 2.05) is 36.2 Å². The molecule has 5 aliphatic rings. The van der Waals surface area contributed by atoms with Crippen molar-refractivity contribution in [2.75, 3.05) is 63.1 Å². The van der Waals surface area contributed by atoms with Crippen LogP contribution in [0.1, 0.15) is 81.2 Å². The molecule has 3 aromatic rings. The number of hydrogen-bond acceptors (Lipinski definition) is 12. The Morgan fingerprint density at radius 2 is 1.71 bits per heavy atom. The highest BCUT2D eigenvalue weighted by atomic mass is 16.5. The quantitative estimate of drug-likeness (QED) is 0.251. The van der Waals surface area contributed by atoms with E-state index in [1.54, 1.807) is 22.1 Å². The molecule has 0 saturated carbocycles. The molecule has 0 aliphatic carbocycles. The van der Waals surface area contributed by atoms with Crippen molar-refractivity contribution in [2.24, 2.45) is 5.73 Å². The van der Waals surface area contributed by atoms with Gasteiger partial charge >= 0.3 is 6.03 Å². The molecular weight excluding hydrogens is 749 g/mol. The number of fused-ring (bicyclic) bond motifs is 1. The molecule has 4 fully saturated rings. The number of amides is 8. The van der Waals surface area contributed by atoms with Crippen LogP contribution >= 0.6 is 0 Å². The SMILES string of the molecule is CN1CCN([C@@H]2CCCN(c3cnc(C(N)=O)c(Nc4ccc(C5CCN(C(=O)COc6cccc7c6C(=O)N(C6CCC(=O)NC6=O)C7=O)CC5)cc4)n3)C2)C1=O. The number of nitrogens with zero attached hydrogens (tertiary/aromatic N) is 7. The van der Waals surface area contributed by atoms with E-state index in [9.17, 15) is 33.6 Å². The molecule has 302 valence electrons. The Labute approximate surface area is 333 Å². The normalized spacial score (nSPS) is 21.4. The number of hydrogen-bond donors (Lipinski definition) is 3. The molecule has 58 heavy (non-hydrogen) atoms. The van der Waals surface area contributed by atoms with Gasteiger partial charge in [0, 0.05) is 58.4 Å². The smallest absolute Gasteiger partial charge is 0.320 e. The van der Waals surface area contributed by atoms with Crippen molar-refractivity contribution in [1.82, 2.24) is 34.9 Å². The third-order valence-electron chi connectivity index (χ3n) is 11.7. The third-order valence-corrected chi connectivity index (χ3v) is 11.7. The average Bonchev–Trinajstić information content (AvgIpc) is 3.70. The molecule has 18 nitrogen and oxygen atoms in total. The lowest BCUT2D eigenvalue weighted by Gasteiger charge is -2.37. The molecule has 4 N–H and O–H groups in total. The number of piperidine rings is 3. The van der Waals surface area contributed by atoms with Crippen LogP contribution in [0.25, 0.3) is 0 Å². The van der Waals surface area contributed by atoms with Crippen molar-refractivity contribution in [2.45, 2.75) is 56.5 Å². The highest BCUT2D eigenvalue weighted by Crippen LogP contribution is 2.35. The molecule has 8 rings (SSSR count). The number of urea groups is 1. The standard InChI is InChI=1S/C40H44N10O8/c1-46-18-19-49(40(46)57)26-4-3-15-48(21-26)30-20-42-34(35(41)53)36(44-30)43-25-9-7-23(8-10-25)24-13-16-47(17-14-24)32(52)22-58-29-6-2-5-27-33(29)39(56)50(38(27)55)28-11-12-31(51)45-37(28)54/h2,5-10,20,24,26,28H,3-4,11-19,21-22H2,1H3,(H2,41,53)(H,43,44)(H,45,51,54)/t26-,28?/m1/s1. The number of nitrogens with one attached hydrogen (secondary N) is 2. The van der Waals surface area contributed by atoms with Gasteiger partial charge in [-0.2, -0.15) is 0 Å². The Kier molecular flexibility index (Phi) is 10.4. The fourth-order valence-corrected chi connectivity index (χ4v) is 8.50. The second-order valence-corrected chi connectivity index (χ2v) is 15.2. The largest absolute Gasteiger partial charge is 0.483 e. The van der Waals surface area contributed by atoms with Gasteiger partial charge in [-0.3, -0.25) is 39.0 Å². The first-order valence-electron chi connectivity index (χ1n) is 19.5. The number of primary amides is 1. The summed E-state index contributed by atoms with van der Waals surface area (Å²) in [5, 5.41) is 5.40. The number of nitrogens with two attached hydrogens (primary N) is 1. The first-order chi connectivity index (χ1) is 28.0. The summed E-state index contributed by atoms with van der Waals surface area (Å²) in [4.78, 5) is 106. The summed E-state index contributed by atoms with van der Waals surface area (Å²) in [7, 11) is 1.81. The summed E-state index contributed by atoms with van der Waals surface area (Å²) in [6.45, 7) is 3.39. The van der Waals surface area contributed by atoms with E-state index >= 15 is 0 Å². The highest BCUT2D eigenvalue weighted by Gasteiger charge is 2.46. The van der Waals surface area contributed by atoms with Gasteiger partial charge in [0.2, 0.25) is 11.8 Å². The van der Waals surface area contributed by atoms with Gasteiger partial charge in [-0.05, 0) is 67.9 Å². The number of likely N-dealkylation sites (tertiary alicyclic amines) is 1. The van der Waals surface area contributed by atoms with Crippen LogP contribution in [0.15, 0.2) is 48.7 Å². The van der Waals surface area contributed by atoms with Crippen LogP contribution in [0, 0.1) is 0 Å². The highest BCUT2D eigenvalue weighted by molar-refractivity contribution is 6.24. The van der Waals surface area contributed by atoms with Gasteiger partial charge in [0.05, 0.1) is 23.4 Å². The minimum absolute atomic E-state index is 0.00704. The number of rotatable bonds is 10. The number of carbonyl (C=O) groups is 7. The lowest BCUT2D eigenvalue weighted by Crippen LogP contribution is -2.54. The van der Waals surface area contributed by atoms with Crippen molar-refractivity contribution in [3.63, 3.8) is 0 Å². The van der Waals surface area contributed by atoms with Crippen LogP contribution < -0.4 is 26.0 Å². The van der Waals surface area contributed by atoms with Crippen LogP contribution in [-0.2, 0) is 14.4 Å². The van der Waals surface area contributed by atoms with E-state index in [0.29, 0.717) is 57.1 Å². The Bertz CT molecular complexity index is 2190. The zero-order valence-electron chi connectivity index (χ0n) is 32.0. The molecule has 1 unspecified atom stereocenters. The number of anilines is 3. The summed E-state index contributed by atoms with van der Waals surface area (Å²) in [6, 6.07) is 11.3. The number of aromatic nitrogens is 2. The minimum atomic E-state index is -1.11. The maximum Gasteiger partial charge on any atom is 0.320 e. The lowest BCUT2D eigenvalue weighted by molar-refractivity contribution is -0.136. The zero-order valence-corrected chi connectivity index (χ0v) is 32.0. The van der Waals surface area contributed by atoms with Crippen molar-refractivity contribution in [3.05, 3.63) is 71.0 Å². The van der Waals surface area contributed by atoms with Gasteiger partial charge in [0.25, 0.3) is 23.6 Å². The zero-order chi connectivity index (χ0) is 40.7. The molecule has 5 aliphatic heterocycles. The second-order valence-electron chi connectivity index (χ2n) is 15.2. The molecule has 6 heterocycles. The predicted molar refractivity (Wildman–Crippen MR) is 207 cm³/mol. The number of benzene rings is 2. The number of imide groups is 2. The first-order valence-corrected chi connectivity index (χ1v) is 19.5. The second kappa shape index (κ2) is 15.7. The van der Waals surface area contributed by atoms with Gasteiger partial charge < -0.3 is 35.4 Å². The molecule has 2 aromatic carbocycles. The summed E-state index contributed by atoms with van der Waals surface area (Å²) in [5.74, 6) is -2.39. The first kappa shape index (κ1) is 38.3. The van der Waals surface area contributed by atoms with E-state index in [4.69, 9.17) is 15.5 Å². The Balaban J connectivity index is 0.858. The topological polar surface area (TPSA) is 221 Å². The van der Waals surface area contributed by atoms with Crippen molar-refractivity contribution < 1.29 is 38.3 Å². The van der Waals surface area contributed by atoms with Gasteiger partial charge in [-0.15, -0.1) is 0 Å². The van der Waals surface area contributed by atoms with Crippen molar-refractivity contribution in [1.29, 1.82) is 0 Å². The van der Waals surface area contributed by atoms with Crippen LogP contribution in [0.3, 0.4) is 0 Å². The number of likely N-dealkylation sites (N-methyl/N-ethyl adjacent to an activating group) is 1. The summed E-state index contributed by atoms with van der Waals surface area (Å²) in [6.07, 6.45) is 4.81. The molecule has 18 heteroatoms. The molecule has 0 spiro atoms. The van der Waals surface area contributed by atoms with Crippen LogP contribution in [0.4, 0.5) is 22.1 Å². The van der Waals surface area contributed by atoms with Gasteiger partial charge in [0.15, 0.2) is 18.1 Å². The third kappa shape index (κ3) is 7.36. The molecule has 8 amide bonds. The Morgan fingerprint density at radius 1 is 0.931 bits per heavy atom. The van der Waals surface area contributed by atoms with Gasteiger partial charge in [-0.25, -0.2) is 14.8 Å². The van der Waals surface area contributed by atoms with Gasteiger partial charge in [-0.1, -0.05) is 18.2 Å². The van der Waals surface area contributed by atoms with Crippen molar-refractivity contribution in [3.8, 4) is 5.75 Å². The van der Waals surface area contributed by atoms with E-state index in [-0.39, 0.29) is 71.7 Å².